The Bertz CT molecular complexity index is 1590. The number of piperazine rings is 1. The fraction of sp³-hybridized carbons (Fsp3) is 0.441. The molecule has 47 heavy (non-hydrogen) atoms. The van der Waals surface area contributed by atoms with E-state index in [0.717, 1.165) is 12.8 Å². The molecule has 3 aliphatic rings. The lowest BCUT2D eigenvalue weighted by Gasteiger charge is -2.41. The van der Waals surface area contributed by atoms with E-state index in [1.54, 1.807) is 53.4 Å². The zero-order chi connectivity index (χ0) is 33.7. The fourth-order valence-corrected chi connectivity index (χ4v) is 8.37. The molecule has 2 heterocycles. The molecule has 0 aromatic heterocycles. The Kier molecular flexibility index (Phi) is 11.7. The Balaban J connectivity index is 1.52. The zero-order valence-corrected chi connectivity index (χ0v) is 28.6. The van der Waals surface area contributed by atoms with Crippen molar-refractivity contribution >= 4 is 63.3 Å². The summed E-state index contributed by atoms with van der Waals surface area (Å²) in [7, 11) is 0.773. The van der Waals surface area contributed by atoms with Crippen molar-refractivity contribution in [3.63, 3.8) is 0 Å². The summed E-state index contributed by atoms with van der Waals surface area (Å²) in [5.74, 6) is -4.05. The average molecular weight is 703 g/mol. The highest BCUT2D eigenvalue weighted by molar-refractivity contribution is 7.85. The van der Waals surface area contributed by atoms with Crippen molar-refractivity contribution in [1.29, 1.82) is 0 Å². The second-order valence-corrected chi connectivity index (χ2v) is 14.0. The molecule has 1 amide bonds. The van der Waals surface area contributed by atoms with Gasteiger partial charge in [-0.1, -0.05) is 47.5 Å². The summed E-state index contributed by atoms with van der Waals surface area (Å²) in [4.78, 5) is 62.0. The first-order valence-corrected chi connectivity index (χ1v) is 17.6. The number of halogens is 2. The Morgan fingerprint density at radius 1 is 0.915 bits per heavy atom. The van der Waals surface area contributed by atoms with E-state index in [-0.39, 0.29) is 50.7 Å². The first-order valence-electron chi connectivity index (χ1n) is 15.5. The molecule has 250 valence electrons. The van der Waals surface area contributed by atoms with Gasteiger partial charge in [0.25, 0.3) is 0 Å². The molecule has 0 radical (unpaired) electrons. The second-order valence-electron chi connectivity index (χ2n) is 11.7. The number of Topliss-reactive ketones (excluding diaryl/α,β-unsaturated/α-hetero) is 1. The molecule has 2 aromatic rings. The van der Waals surface area contributed by atoms with Gasteiger partial charge in [0.05, 0.1) is 48.5 Å². The Labute approximate surface area is 286 Å². The first-order chi connectivity index (χ1) is 22.6. The quantitative estimate of drug-likeness (QED) is 0.348. The number of ketones is 1. The van der Waals surface area contributed by atoms with Gasteiger partial charge in [-0.05, 0) is 42.7 Å². The Morgan fingerprint density at radius 2 is 1.55 bits per heavy atom. The normalized spacial score (nSPS) is 21.7. The Hall–Kier alpha value is -3.38. The predicted molar refractivity (Wildman–Crippen MR) is 179 cm³/mol. The summed E-state index contributed by atoms with van der Waals surface area (Å²) in [6.07, 6.45) is 2.60. The van der Waals surface area contributed by atoms with Crippen LogP contribution < -0.4 is 0 Å². The molecule has 10 nitrogen and oxygen atoms in total. The molecule has 3 atom stereocenters. The van der Waals surface area contributed by atoms with Gasteiger partial charge < -0.3 is 14.4 Å². The van der Waals surface area contributed by atoms with Crippen molar-refractivity contribution in [2.45, 2.75) is 49.0 Å². The number of ether oxygens (including phenoxy) is 2. The average Bonchev–Trinajstić information content (AvgIpc) is 3.08. The van der Waals surface area contributed by atoms with E-state index >= 15 is 0 Å². The SMILES string of the molecule is COC(=O)C1=C(CS(=O)c2ccccc2)N=C(CC(=O)N2CCN(C3CCC(=O)CC3)CC2)C(C(=O)OC)C1c1c(Cl)cccc1Cl. The number of hydrogen-bond acceptors (Lipinski definition) is 9. The third kappa shape index (κ3) is 7.85. The molecule has 0 spiro atoms. The molecule has 2 aliphatic heterocycles. The zero-order valence-electron chi connectivity index (χ0n) is 26.3. The largest absolute Gasteiger partial charge is 0.468 e. The van der Waals surface area contributed by atoms with Crippen LogP contribution in [0.15, 0.2) is 69.7 Å². The number of amides is 1. The lowest BCUT2D eigenvalue weighted by molar-refractivity contribution is -0.143. The van der Waals surface area contributed by atoms with Gasteiger partial charge in [0.2, 0.25) is 5.91 Å². The second kappa shape index (κ2) is 15.7. The molecule has 0 bridgehead atoms. The van der Waals surface area contributed by atoms with Gasteiger partial charge in [0.1, 0.15) is 11.7 Å². The summed E-state index contributed by atoms with van der Waals surface area (Å²) in [6.45, 7) is 2.30. The molecular weight excluding hydrogens is 665 g/mol. The molecule has 2 aromatic carbocycles. The van der Waals surface area contributed by atoms with Crippen LogP contribution in [-0.4, -0.2) is 95.5 Å². The smallest absolute Gasteiger partial charge is 0.336 e. The minimum atomic E-state index is -1.64. The van der Waals surface area contributed by atoms with Gasteiger partial charge in [-0.25, -0.2) is 4.79 Å². The highest BCUT2D eigenvalue weighted by Crippen LogP contribution is 2.46. The van der Waals surface area contributed by atoms with Crippen molar-refractivity contribution in [2.75, 3.05) is 46.2 Å². The number of rotatable bonds is 9. The van der Waals surface area contributed by atoms with Gasteiger partial charge in [0.15, 0.2) is 0 Å². The van der Waals surface area contributed by atoms with Crippen molar-refractivity contribution < 1.29 is 32.9 Å². The van der Waals surface area contributed by atoms with E-state index in [2.05, 4.69) is 4.90 Å². The molecule has 1 saturated heterocycles. The highest BCUT2D eigenvalue weighted by atomic mass is 35.5. The van der Waals surface area contributed by atoms with Crippen LogP contribution in [0.25, 0.3) is 0 Å². The van der Waals surface area contributed by atoms with Crippen LogP contribution in [-0.2, 0) is 39.5 Å². The minimum Gasteiger partial charge on any atom is -0.468 e. The summed E-state index contributed by atoms with van der Waals surface area (Å²) in [5.41, 5.74) is 0.510. The molecule has 0 N–H and O–H groups in total. The van der Waals surface area contributed by atoms with E-state index in [9.17, 15) is 23.4 Å². The standard InChI is InChI=1S/C34H37Cl2N3O7S/c1-45-33(42)30-26(19-28(41)39-17-15-38(16-18-39)21-11-13-22(40)14-12-21)37-27(20-47(44)23-7-4-3-5-8-23)31(34(43)46-2)32(30)29-24(35)9-6-10-25(29)36/h3-10,21,30,32H,11-20H2,1-2H3. The van der Waals surface area contributed by atoms with Crippen LogP contribution in [0.3, 0.4) is 0 Å². The van der Waals surface area contributed by atoms with E-state index in [0.29, 0.717) is 55.7 Å². The number of carbonyl (C=O) groups is 4. The third-order valence-electron chi connectivity index (χ3n) is 9.07. The molecule has 1 aliphatic carbocycles. The van der Waals surface area contributed by atoms with E-state index < -0.39 is 34.6 Å². The molecular formula is C34H37Cl2N3O7S. The topological polar surface area (TPSA) is 123 Å². The summed E-state index contributed by atoms with van der Waals surface area (Å²) >= 11 is 13.4. The molecule has 5 rings (SSSR count). The van der Waals surface area contributed by atoms with Gasteiger partial charge in [-0.3, -0.25) is 28.5 Å². The predicted octanol–water partition coefficient (Wildman–Crippen LogP) is 4.60. The fourth-order valence-electron chi connectivity index (χ4n) is 6.65. The maximum absolute atomic E-state index is 13.9. The van der Waals surface area contributed by atoms with Gasteiger partial charge in [-0.15, -0.1) is 0 Å². The molecule has 3 unspecified atom stereocenters. The number of hydrogen-bond donors (Lipinski definition) is 0. The number of benzene rings is 2. The maximum Gasteiger partial charge on any atom is 0.336 e. The Morgan fingerprint density at radius 3 is 2.15 bits per heavy atom. The van der Waals surface area contributed by atoms with E-state index in [4.69, 9.17) is 37.7 Å². The summed E-state index contributed by atoms with van der Waals surface area (Å²) in [6, 6.07) is 13.9. The van der Waals surface area contributed by atoms with Crippen molar-refractivity contribution in [2.24, 2.45) is 10.9 Å². The number of nitrogens with zero attached hydrogens (tertiary/aromatic N) is 3. The molecule has 2 fully saturated rings. The van der Waals surface area contributed by atoms with Crippen LogP contribution >= 0.6 is 23.2 Å². The number of methoxy groups -OCH3 is 2. The van der Waals surface area contributed by atoms with Crippen molar-refractivity contribution in [3.05, 3.63) is 75.4 Å². The van der Waals surface area contributed by atoms with Crippen LogP contribution in [0.4, 0.5) is 0 Å². The van der Waals surface area contributed by atoms with Gasteiger partial charge in [0, 0.05) is 71.6 Å². The highest BCUT2D eigenvalue weighted by Gasteiger charge is 2.46. The number of esters is 2. The first kappa shape index (κ1) is 34.9. The molecule has 13 heteroatoms. The lowest BCUT2D eigenvalue weighted by Crippen LogP contribution is -2.53. The van der Waals surface area contributed by atoms with Crippen LogP contribution in [0.5, 0.6) is 0 Å². The van der Waals surface area contributed by atoms with Gasteiger partial charge in [-0.2, -0.15) is 0 Å². The van der Waals surface area contributed by atoms with Gasteiger partial charge >= 0.3 is 11.9 Å². The summed E-state index contributed by atoms with van der Waals surface area (Å²) in [5, 5.41) is 0.379. The van der Waals surface area contributed by atoms with Crippen LogP contribution in [0.2, 0.25) is 10.0 Å². The van der Waals surface area contributed by atoms with Crippen molar-refractivity contribution in [1.82, 2.24) is 9.80 Å². The number of aliphatic imine (C=N–C) groups is 1. The van der Waals surface area contributed by atoms with Crippen LogP contribution in [0, 0.1) is 5.92 Å². The maximum atomic E-state index is 13.9. The lowest BCUT2D eigenvalue weighted by atomic mass is 9.74. The monoisotopic (exact) mass is 701 g/mol. The molecule has 1 saturated carbocycles. The third-order valence-corrected chi connectivity index (χ3v) is 11.1. The number of carbonyl (C=O) groups excluding carboxylic acids is 4. The summed E-state index contributed by atoms with van der Waals surface area (Å²) < 4.78 is 24.0. The van der Waals surface area contributed by atoms with E-state index in [1.807, 2.05) is 0 Å². The van der Waals surface area contributed by atoms with Crippen molar-refractivity contribution in [3.8, 4) is 0 Å². The van der Waals surface area contributed by atoms with Crippen LogP contribution in [0.1, 0.15) is 43.6 Å². The van der Waals surface area contributed by atoms with E-state index in [1.165, 1.54) is 14.2 Å². The minimum absolute atomic E-state index is 0.0297.